The molecule has 1 fully saturated rings. The van der Waals surface area contributed by atoms with E-state index in [1.54, 1.807) is 12.3 Å². The maximum Gasteiger partial charge on any atom is 0.271 e. The van der Waals surface area contributed by atoms with Gasteiger partial charge in [0.05, 0.1) is 36.3 Å². The third-order valence-electron chi connectivity index (χ3n) is 4.61. The summed E-state index contributed by atoms with van der Waals surface area (Å²) in [6.07, 6.45) is 1.58. The molecule has 2 aromatic heterocycles. The second-order valence-corrected chi connectivity index (χ2v) is 6.58. The number of morpholine rings is 1. The number of anilines is 3. The molecule has 3 aromatic rings. The normalized spacial score (nSPS) is 13.9. The maximum absolute atomic E-state index is 14.1. The Balaban J connectivity index is 1.65. The predicted octanol–water partition coefficient (Wildman–Crippen LogP) is 2.50. The average Bonchev–Trinajstić information content (AvgIpc) is 2.75. The van der Waals surface area contributed by atoms with Crippen LogP contribution >= 0.6 is 0 Å². The van der Waals surface area contributed by atoms with Gasteiger partial charge in [-0.25, -0.2) is 13.8 Å². The van der Waals surface area contributed by atoms with E-state index in [-0.39, 0.29) is 22.6 Å². The number of amides is 1. The first kappa shape index (κ1) is 19.6. The molecule has 0 aliphatic carbocycles. The largest absolute Gasteiger partial charge is 0.378 e. The minimum absolute atomic E-state index is 0.0732. The number of rotatable bonds is 5. The molecule has 1 aromatic carbocycles. The van der Waals surface area contributed by atoms with Crippen LogP contribution in [0.4, 0.5) is 26.0 Å². The van der Waals surface area contributed by atoms with Crippen LogP contribution in [0.25, 0.3) is 11.3 Å². The van der Waals surface area contributed by atoms with Crippen molar-refractivity contribution < 1.29 is 18.3 Å². The van der Waals surface area contributed by atoms with Gasteiger partial charge in [0.25, 0.3) is 5.91 Å². The van der Waals surface area contributed by atoms with Gasteiger partial charge in [0.15, 0.2) is 5.69 Å². The Bertz CT molecular complexity index is 1050. The summed E-state index contributed by atoms with van der Waals surface area (Å²) in [6.45, 7) is 2.78. The minimum Gasteiger partial charge on any atom is -0.378 e. The van der Waals surface area contributed by atoms with Gasteiger partial charge in [-0.05, 0) is 30.3 Å². The fraction of sp³-hybridized carbons (Fsp3) is 0.200. The standard InChI is InChI=1S/C20H18F2N6O2/c21-13-2-1-3-14(22)18(13)15-10-16(19(20(23)29)27-26-15)25-12-4-5-17(24-11-12)28-6-8-30-9-7-28/h1-5,10-11H,6-9H2,(H2,23,29)(H,25,26). The number of hydrogen-bond donors (Lipinski definition) is 2. The van der Waals surface area contributed by atoms with E-state index in [1.165, 1.54) is 12.1 Å². The lowest BCUT2D eigenvalue weighted by Crippen LogP contribution is -2.36. The Morgan fingerprint density at radius 2 is 1.83 bits per heavy atom. The molecule has 1 amide bonds. The quantitative estimate of drug-likeness (QED) is 0.663. The summed E-state index contributed by atoms with van der Waals surface area (Å²) in [5, 5.41) is 10.5. The number of benzene rings is 1. The smallest absolute Gasteiger partial charge is 0.271 e. The highest BCUT2D eigenvalue weighted by Gasteiger charge is 2.18. The van der Waals surface area contributed by atoms with Gasteiger partial charge in [0.2, 0.25) is 0 Å². The number of aromatic nitrogens is 3. The van der Waals surface area contributed by atoms with Crippen LogP contribution in [0.15, 0.2) is 42.6 Å². The molecule has 0 unspecified atom stereocenters. The first-order valence-electron chi connectivity index (χ1n) is 9.20. The van der Waals surface area contributed by atoms with E-state index < -0.39 is 17.5 Å². The Morgan fingerprint density at radius 3 is 2.47 bits per heavy atom. The molecule has 4 rings (SSSR count). The summed E-state index contributed by atoms with van der Waals surface area (Å²) in [7, 11) is 0. The molecule has 8 nitrogen and oxygen atoms in total. The van der Waals surface area contributed by atoms with Crippen LogP contribution in [-0.4, -0.2) is 47.4 Å². The van der Waals surface area contributed by atoms with Gasteiger partial charge in [-0.2, -0.15) is 0 Å². The second-order valence-electron chi connectivity index (χ2n) is 6.58. The number of nitrogens with two attached hydrogens (primary N) is 1. The number of pyridine rings is 1. The second kappa shape index (κ2) is 8.37. The molecule has 3 N–H and O–H groups in total. The number of hydrogen-bond acceptors (Lipinski definition) is 7. The summed E-state index contributed by atoms with van der Waals surface area (Å²) in [6, 6.07) is 8.40. The highest BCUT2D eigenvalue weighted by molar-refractivity contribution is 5.97. The van der Waals surface area contributed by atoms with Gasteiger partial charge < -0.3 is 20.7 Å². The van der Waals surface area contributed by atoms with Crippen LogP contribution < -0.4 is 16.0 Å². The Hall–Kier alpha value is -3.66. The van der Waals surface area contributed by atoms with Gasteiger partial charge in [0.1, 0.15) is 23.1 Å². The Morgan fingerprint density at radius 1 is 1.10 bits per heavy atom. The summed E-state index contributed by atoms with van der Waals surface area (Å²) >= 11 is 0. The molecular formula is C20H18F2N6O2. The molecule has 154 valence electrons. The highest BCUT2D eigenvalue weighted by Crippen LogP contribution is 2.28. The van der Waals surface area contributed by atoms with Gasteiger partial charge >= 0.3 is 0 Å². The molecule has 0 atom stereocenters. The number of ether oxygens (including phenoxy) is 1. The van der Waals surface area contributed by atoms with Crippen molar-refractivity contribution in [2.24, 2.45) is 5.73 Å². The number of nitrogens with one attached hydrogen (secondary N) is 1. The van der Waals surface area contributed by atoms with E-state index in [9.17, 15) is 13.6 Å². The van der Waals surface area contributed by atoms with Crippen molar-refractivity contribution >= 4 is 23.1 Å². The third-order valence-corrected chi connectivity index (χ3v) is 4.61. The van der Waals surface area contributed by atoms with Crippen LogP contribution in [0.2, 0.25) is 0 Å². The number of primary amides is 1. The van der Waals surface area contributed by atoms with E-state index in [4.69, 9.17) is 10.5 Å². The van der Waals surface area contributed by atoms with E-state index in [2.05, 4.69) is 25.4 Å². The molecular weight excluding hydrogens is 394 g/mol. The number of carbonyl (C=O) groups excluding carboxylic acids is 1. The molecule has 30 heavy (non-hydrogen) atoms. The molecule has 0 spiro atoms. The lowest BCUT2D eigenvalue weighted by Gasteiger charge is -2.27. The first-order chi connectivity index (χ1) is 14.5. The van der Waals surface area contributed by atoms with Gasteiger partial charge in [-0.15, -0.1) is 10.2 Å². The SMILES string of the molecule is NC(=O)c1nnc(-c2c(F)cccc2F)cc1Nc1ccc(N2CCOCC2)nc1. The van der Waals surface area contributed by atoms with Crippen LogP contribution in [0.3, 0.4) is 0 Å². The Labute approximate surface area is 170 Å². The molecule has 1 saturated heterocycles. The molecule has 0 saturated carbocycles. The molecule has 0 radical (unpaired) electrons. The van der Waals surface area contributed by atoms with Crippen LogP contribution in [0.5, 0.6) is 0 Å². The van der Waals surface area contributed by atoms with Crippen molar-refractivity contribution in [3.05, 3.63) is 59.9 Å². The number of halogens is 2. The fourth-order valence-electron chi connectivity index (χ4n) is 3.13. The monoisotopic (exact) mass is 412 g/mol. The summed E-state index contributed by atoms with van der Waals surface area (Å²) < 4.78 is 33.6. The molecule has 3 heterocycles. The Kier molecular flexibility index (Phi) is 5.48. The van der Waals surface area contributed by atoms with Crippen molar-refractivity contribution in [1.82, 2.24) is 15.2 Å². The molecule has 0 bridgehead atoms. The van der Waals surface area contributed by atoms with Gasteiger partial charge in [-0.1, -0.05) is 6.07 Å². The van der Waals surface area contributed by atoms with Crippen molar-refractivity contribution in [3.63, 3.8) is 0 Å². The van der Waals surface area contributed by atoms with Gasteiger partial charge in [0, 0.05) is 13.1 Å². The number of nitrogens with zero attached hydrogens (tertiary/aromatic N) is 4. The van der Waals surface area contributed by atoms with E-state index in [1.807, 2.05) is 6.07 Å². The first-order valence-corrected chi connectivity index (χ1v) is 9.20. The minimum atomic E-state index is -0.830. The number of carbonyl (C=O) groups is 1. The highest BCUT2D eigenvalue weighted by atomic mass is 19.1. The van der Waals surface area contributed by atoms with Crippen LogP contribution in [0.1, 0.15) is 10.5 Å². The van der Waals surface area contributed by atoms with E-state index in [0.717, 1.165) is 31.0 Å². The zero-order valence-corrected chi connectivity index (χ0v) is 15.8. The predicted molar refractivity (Wildman–Crippen MR) is 106 cm³/mol. The van der Waals surface area contributed by atoms with E-state index >= 15 is 0 Å². The van der Waals surface area contributed by atoms with Crippen molar-refractivity contribution in [2.45, 2.75) is 0 Å². The lowest BCUT2D eigenvalue weighted by molar-refractivity contribution is 0.0995. The average molecular weight is 412 g/mol. The zero-order valence-electron chi connectivity index (χ0n) is 15.8. The van der Waals surface area contributed by atoms with Crippen molar-refractivity contribution in [3.8, 4) is 11.3 Å². The van der Waals surface area contributed by atoms with Crippen molar-refractivity contribution in [2.75, 3.05) is 36.5 Å². The van der Waals surface area contributed by atoms with Crippen LogP contribution in [0, 0.1) is 11.6 Å². The fourth-order valence-corrected chi connectivity index (χ4v) is 3.13. The van der Waals surface area contributed by atoms with Crippen LogP contribution in [-0.2, 0) is 4.74 Å². The van der Waals surface area contributed by atoms with E-state index in [0.29, 0.717) is 18.9 Å². The summed E-state index contributed by atoms with van der Waals surface area (Å²) in [5.74, 6) is -1.62. The maximum atomic E-state index is 14.1. The lowest BCUT2D eigenvalue weighted by atomic mass is 10.1. The molecule has 1 aliphatic rings. The van der Waals surface area contributed by atoms with Gasteiger partial charge in [-0.3, -0.25) is 4.79 Å². The molecule has 1 aliphatic heterocycles. The topological polar surface area (TPSA) is 106 Å². The molecule has 10 heteroatoms. The third kappa shape index (κ3) is 4.03. The zero-order chi connectivity index (χ0) is 21.1. The van der Waals surface area contributed by atoms with Crippen molar-refractivity contribution in [1.29, 1.82) is 0 Å². The summed E-state index contributed by atoms with van der Waals surface area (Å²) in [4.78, 5) is 18.3. The summed E-state index contributed by atoms with van der Waals surface area (Å²) in [5.41, 5.74) is 5.51.